The average Bonchev–Trinajstić information content (AvgIpc) is 2.50. The SMILES string of the molecule is CCC(CC)c1ccc(C)c(-c2cc(C(C)C)cc[n+]2C)c1. The van der Waals surface area contributed by atoms with E-state index in [-0.39, 0.29) is 0 Å². The molecule has 0 N–H and O–H groups in total. The van der Waals surface area contributed by atoms with Crippen molar-refractivity contribution in [3.63, 3.8) is 0 Å². The predicted molar refractivity (Wildman–Crippen MR) is 95.2 cm³/mol. The van der Waals surface area contributed by atoms with E-state index in [1.54, 1.807) is 0 Å². The Morgan fingerprint density at radius 3 is 2.23 bits per heavy atom. The molecule has 0 bridgehead atoms. The van der Waals surface area contributed by atoms with Crippen molar-refractivity contribution in [2.75, 3.05) is 0 Å². The lowest BCUT2D eigenvalue weighted by molar-refractivity contribution is -0.660. The first kappa shape index (κ1) is 16.7. The van der Waals surface area contributed by atoms with Crippen LogP contribution in [-0.4, -0.2) is 0 Å². The van der Waals surface area contributed by atoms with Crippen molar-refractivity contribution in [1.82, 2.24) is 0 Å². The summed E-state index contributed by atoms with van der Waals surface area (Å²) in [6, 6.07) is 11.6. The molecule has 0 spiro atoms. The summed E-state index contributed by atoms with van der Waals surface area (Å²) < 4.78 is 2.24. The molecule has 0 fully saturated rings. The highest BCUT2D eigenvalue weighted by Crippen LogP contribution is 2.30. The summed E-state index contributed by atoms with van der Waals surface area (Å²) in [5.41, 5.74) is 6.91. The summed E-state index contributed by atoms with van der Waals surface area (Å²) in [4.78, 5) is 0. The van der Waals surface area contributed by atoms with Crippen molar-refractivity contribution in [1.29, 1.82) is 0 Å². The van der Waals surface area contributed by atoms with E-state index in [4.69, 9.17) is 0 Å². The van der Waals surface area contributed by atoms with Crippen LogP contribution in [0.3, 0.4) is 0 Å². The molecule has 1 aromatic carbocycles. The molecule has 0 saturated carbocycles. The zero-order chi connectivity index (χ0) is 16.3. The Labute approximate surface area is 136 Å². The van der Waals surface area contributed by atoms with Crippen LogP contribution in [0.4, 0.5) is 0 Å². The largest absolute Gasteiger partial charge is 0.212 e. The van der Waals surface area contributed by atoms with Crippen LogP contribution in [0.25, 0.3) is 11.3 Å². The van der Waals surface area contributed by atoms with E-state index in [1.807, 2.05) is 0 Å². The fraction of sp³-hybridized carbons (Fsp3) is 0.476. The van der Waals surface area contributed by atoms with Crippen LogP contribution in [0.5, 0.6) is 0 Å². The Morgan fingerprint density at radius 1 is 0.955 bits per heavy atom. The van der Waals surface area contributed by atoms with Gasteiger partial charge in [0.15, 0.2) is 6.20 Å². The van der Waals surface area contributed by atoms with E-state index in [2.05, 4.69) is 82.8 Å². The molecule has 0 aliphatic rings. The molecular weight excluding hydrogens is 266 g/mol. The van der Waals surface area contributed by atoms with Crippen molar-refractivity contribution in [3.05, 3.63) is 53.2 Å². The van der Waals surface area contributed by atoms with Gasteiger partial charge in [-0.3, -0.25) is 0 Å². The monoisotopic (exact) mass is 296 g/mol. The van der Waals surface area contributed by atoms with Gasteiger partial charge in [-0.15, -0.1) is 0 Å². The Balaban J connectivity index is 2.56. The van der Waals surface area contributed by atoms with Crippen LogP contribution in [-0.2, 0) is 7.05 Å². The van der Waals surface area contributed by atoms with Gasteiger partial charge in [-0.05, 0) is 54.4 Å². The summed E-state index contributed by atoms with van der Waals surface area (Å²) >= 11 is 0. The lowest BCUT2D eigenvalue weighted by Crippen LogP contribution is -2.31. The number of nitrogens with zero attached hydrogens (tertiary/aromatic N) is 1. The molecule has 1 aromatic heterocycles. The minimum Gasteiger partial charge on any atom is -0.201 e. The maximum atomic E-state index is 2.41. The number of rotatable bonds is 5. The third-order valence-corrected chi connectivity index (χ3v) is 4.84. The number of hydrogen-bond donors (Lipinski definition) is 0. The lowest BCUT2D eigenvalue weighted by Gasteiger charge is -2.15. The summed E-state index contributed by atoms with van der Waals surface area (Å²) in [5, 5.41) is 0. The number of aromatic nitrogens is 1. The van der Waals surface area contributed by atoms with Crippen molar-refractivity contribution in [2.45, 2.75) is 59.3 Å². The first-order valence-corrected chi connectivity index (χ1v) is 8.58. The van der Waals surface area contributed by atoms with Crippen molar-refractivity contribution in [2.24, 2.45) is 7.05 Å². The third kappa shape index (κ3) is 3.40. The van der Waals surface area contributed by atoms with Gasteiger partial charge in [-0.1, -0.05) is 39.8 Å². The van der Waals surface area contributed by atoms with E-state index in [0.717, 1.165) is 0 Å². The van der Waals surface area contributed by atoms with Crippen LogP contribution in [0.1, 0.15) is 69.1 Å². The molecule has 1 heteroatoms. The fourth-order valence-corrected chi connectivity index (χ4v) is 3.14. The van der Waals surface area contributed by atoms with E-state index >= 15 is 0 Å². The molecule has 0 aliphatic heterocycles. The molecule has 0 radical (unpaired) electrons. The van der Waals surface area contributed by atoms with Crippen molar-refractivity contribution >= 4 is 0 Å². The molecule has 1 nitrogen and oxygen atoms in total. The van der Waals surface area contributed by atoms with E-state index < -0.39 is 0 Å². The highest BCUT2D eigenvalue weighted by molar-refractivity contribution is 5.63. The van der Waals surface area contributed by atoms with Gasteiger partial charge in [0.25, 0.3) is 0 Å². The lowest BCUT2D eigenvalue weighted by atomic mass is 9.90. The van der Waals surface area contributed by atoms with Crippen LogP contribution in [0.2, 0.25) is 0 Å². The molecule has 1 heterocycles. The molecule has 0 atom stereocenters. The molecule has 0 aliphatic carbocycles. The van der Waals surface area contributed by atoms with E-state index in [0.29, 0.717) is 11.8 Å². The Hall–Kier alpha value is -1.63. The molecule has 22 heavy (non-hydrogen) atoms. The number of pyridine rings is 1. The van der Waals surface area contributed by atoms with Gasteiger partial charge in [-0.25, -0.2) is 4.57 Å². The molecule has 0 saturated heterocycles. The predicted octanol–water partition coefficient (Wildman–Crippen LogP) is 5.51. The summed E-state index contributed by atoms with van der Waals surface area (Å²) in [5.74, 6) is 1.22. The Morgan fingerprint density at radius 2 is 1.64 bits per heavy atom. The third-order valence-electron chi connectivity index (χ3n) is 4.84. The molecule has 0 unspecified atom stereocenters. The van der Waals surface area contributed by atoms with E-state index in [1.165, 1.54) is 40.8 Å². The Kier molecular flexibility index (Phi) is 5.39. The minimum absolute atomic E-state index is 0.558. The standard InChI is InChI=1S/C21H30N/c1-7-17(8-2)19-10-9-16(5)20(13-19)21-14-18(15(3)4)11-12-22(21)6/h9-15,17H,7-8H2,1-6H3/q+1. The van der Waals surface area contributed by atoms with Crippen LogP contribution >= 0.6 is 0 Å². The Bertz CT molecular complexity index is 636. The van der Waals surface area contributed by atoms with Gasteiger partial charge in [0.2, 0.25) is 5.69 Å². The van der Waals surface area contributed by atoms with Crippen molar-refractivity contribution in [3.8, 4) is 11.3 Å². The maximum Gasteiger partial charge on any atom is 0.212 e. The highest BCUT2D eigenvalue weighted by Gasteiger charge is 2.17. The smallest absolute Gasteiger partial charge is 0.201 e. The van der Waals surface area contributed by atoms with Gasteiger partial charge in [0.05, 0.1) is 0 Å². The second-order valence-electron chi connectivity index (χ2n) is 6.70. The van der Waals surface area contributed by atoms with Crippen LogP contribution in [0.15, 0.2) is 36.5 Å². The number of benzene rings is 1. The fourth-order valence-electron chi connectivity index (χ4n) is 3.14. The molecule has 0 amide bonds. The van der Waals surface area contributed by atoms with Crippen molar-refractivity contribution < 1.29 is 4.57 Å². The minimum atomic E-state index is 0.558. The number of aryl methyl sites for hydroxylation is 2. The van der Waals surface area contributed by atoms with Crippen LogP contribution in [0, 0.1) is 6.92 Å². The van der Waals surface area contributed by atoms with Gasteiger partial charge >= 0.3 is 0 Å². The highest BCUT2D eigenvalue weighted by atomic mass is 14.9. The van der Waals surface area contributed by atoms with Gasteiger partial charge in [0.1, 0.15) is 7.05 Å². The first-order valence-electron chi connectivity index (χ1n) is 8.58. The zero-order valence-corrected chi connectivity index (χ0v) is 15.0. The van der Waals surface area contributed by atoms with E-state index in [9.17, 15) is 0 Å². The summed E-state index contributed by atoms with van der Waals surface area (Å²) in [6.07, 6.45) is 4.60. The zero-order valence-electron chi connectivity index (χ0n) is 15.0. The normalized spacial score (nSPS) is 11.5. The van der Waals surface area contributed by atoms with Crippen LogP contribution < -0.4 is 4.57 Å². The summed E-state index contributed by atoms with van der Waals surface area (Å²) in [6.45, 7) is 11.3. The molecule has 2 aromatic rings. The second-order valence-corrected chi connectivity index (χ2v) is 6.70. The topological polar surface area (TPSA) is 3.88 Å². The number of hydrogen-bond acceptors (Lipinski definition) is 0. The average molecular weight is 296 g/mol. The maximum absolute atomic E-state index is 2.41. The summed E-state index contributed by atoms with van der Waals surface area (Å²) in [7, 11) is 2.14. The molecular formula is C21H30N+. The van der Waals surface area contributed by atoms with Gasteiger partial charge in [-0.2, -0.15) is 0 Å². The second kappa shape index (κ2) is 7.09. The van der Waals surface area contributed by atoms with Gasteiger partial charge < -0.3 is 0 Å². The first-order chi connectivity index (χ1) is 10.5. The quantitative estimate of drug-likeness (QED) is 0.640. The molecule has 2 rings (SSSR count). The molecule has 118 valence electrons. The van der Waals surface area contributed by atoms with Gasteiger partial charge in [0, 0.05) is 17.7 Å².